The smallest absolute Gasteiger partial charge is 0.226 e. The second kappa shape index (κ2) is 46.9. The number of anilines is 5. The zero-order chi connectivity index (χ0) is 90.2. The van der Waals surface area contributed by atoms with Crippen molar-refractivity contribution in [3.63, 3.8) is 0 Å². The molecule has 0 spiro atoms. The van der Waals surface area contributed by atoms with Crippen LogP contribution in [-0.4, -0.2) is 130 Å². The van der Waals surface area contributed by atoms with E-state index in [1.807, 2.05) is 229 Å². The number of ether oxygens (including phenoxy) is 5. The third-order valence-corrected chi connectivity index (χ3v) is 21.5. The average Bonchev–Trinajstić information content (AvgIpc) is 0.826. The molecule has 0 fully saturated rings. The van der Waals surface area contributed by atoms with E-state index in [-0.39, 0.29) is 46.8 Å². The lowest BCUT2D eigenvalue weighted by atomic mass is 9.98. The predicted molar refractivity (Wildman–Crippen MR) is 497 cm³/mol. The number of methoxy groups -OCH3 is 5. The Kier molecular flexibility index (Phi) is 35.6. The summed E-state index contributed by atoms with van der Waals surface area (Å²) in [5.41, 5.74) is 23.8. The third kappa shape index (κ3) is 26.5. The van der Waals surface area contributed by atoms with Crippen molar-refractivity contribution in [1.29, 1.82) is 0 Å². The maximum absolute atomic E-state index is 12.8. The van der Waals surface area contributed by atoms with E-state index < -0.39 is 0 Å². The normalized spacial score (nSPS) is 10.6. The molecule has 4 amide bonds. The van der Waals surface area contributed by atoms with Gasteiger partial charge in [-0.15, -0.1) is 0 Å². The topological polar surface area (TPSA) is 273 Å². The van der Waals surface area contributed by atoms with Gasteiger partial charge in [0.15, 0.2) is 23.1 Å². The molecule has 22 nitrogen and oxygen atoms in total. The Hall–Kier alpha value is -14.0. The summed E-state index contributed by atoms with van der Waals surface area (Å²) in [6.45, 7) is 9.32. The van der Waals surface area contributed by atoms with Crippen molar-refractivity contribution >= 4 is 86.9 Å². The van der Waals surface area contributed by atoms with E-state index in [1.54, 1.807) is 132 Å². The summed E-state index contributed by atoms with van der Waals surface area (Å²) in [5.74, 6) is 3.53. The lowest BCUT2D eigenvalue weighted by molar-refractivity contribution is -0.118. The molecule has 0 saturated heterocycles. The van der Waals surface area contributed by atoms with Crippen molar-refractivity contribution in [2.75, 3.05) is 89.1 Å². The van der Waals surface area contributed by atoms with Gasteiger partial charge in [0, 0.05) is 139 Å². The number of carbonyl (C=O) groups excluding carboxylic acids is 8. The van der Waals surface area contributed by atoms with Crippen LogP contribution in [0.2, 0.25) is 5.15 Å². The number of benzene rings is 8. The summed E-state index contributed by atoms with van der Waals surface area (Å²) in [6, 6.07) is 68.3. The van der Waals surface area contributed by atoms with E-state index in [9.17, 15) is 38.4 Å². The van der Waals surface area contributed by atoms with Gasteiger partial charge in [-0.2, -0.15) is 0 Å². The van der Waals surface area contributed by atoms with Gasteiger partial charge in [-0.25, -0.2) is 15.0 Å². The van der Waals surface area contributed by atoms with Gasteiger partial charge < -0.3 is 49.0 Å². The first-order chi connectivity index (χ1) is 60.2. The van der Waals surface area contributed by atoms with Gasteiger partial charge in [0.05, 0.1) is 57.8 Å². The van der Waals surface area contributed by atoms with Crippen LogP contribution in [0.5, 0.6) is 28.9 Å². The molecule has 646 valence electrons. The number of Topliss-reactive ketones (excluding diaryl/α,β-unsaturated/α-hetero) is 4. The van der Waals surface area contributed by atoms with Crippen LogP contribution in [-0.2, 0) is 44.9 Å². The Morgan fingerprint density at radius 3 is 0.784 bits per heavy atom. The minimum Gasteiger partial charge on any atom is -0.496 e. The number of hydrogen-bond acceptors (Lipinski definition) is 18. The molecule has 23 heteroatoms. The molecule has 0 radical (unpaired) electrons. The quantitative estimate of drug-likeness (QED) is 0.0296. The molecule has 4 aromatic heterocycles. The van der Waals surface area contributed by atoms with E-state index in [2.05, 4.69) is 19.9 Å². The second-order valence-corrected chi connectivity index (χ2v) is 29.8. The van der Waals surface area contributed by atoms with Crippen molar-refractivity contribution in [2.24, 2.45) is 0 Å². The lowest BCUT2D eigenvalue weighted by Gasteiger charge is -2.17. The van der Waals surface area contributed by atoms with E-state index in [1.165, 1.54) is 0 Å². The summed E-state index contributed by atoms with van der Waals surface area (Å²) < 4.78 is 27.1. The van der Waals surface area contributed by atoms with Crippen molar-refractivity contribution in [3.05, 3.63) is 299 Å². The van der Waals surface area contributed by atoms with Gasteiger partial charge in [0.2, 0.25) is 29.5 Å². The summed E-state index contributed by atoms with van der Waals surface area (Å²) >= 11 is 5.81. The van der Waals surface area contributed by atoms with Gasteiger partial charge >= 0.3 is 0 Å². The van der Waals surface area contributed by atoms with Crippen LogP contribution >= 0.6 is 11.6 Å². The molecule has 12 rings (SSSR count). The predicted octanol–water partition coefficient (Wildman–Crippen LogP) is 20.3. The molecule has 0 aliphatic rings. The van der Waals surface area contributed by atoms with Gasteiger partial charge in [0.25, 0.3) is 0 Å². The molecule has 4 heterocycles. The minimum atomic E-state index is 0.00778. The van der Waals surface area contributed by atoms with Gasteiger partial charge in [-0.05, 0) is 215 Å². The number of nitrogens with two attached hydrogens (primary N) is 1. The second-order valence-electron chi connectivity index (χ2n) is 29.4. The van der Waals surface area contributed by atoms with Crippen molar-refractivity contribution < 1.29 is 62.0 Å². The van der Waals surface area contributed by atoms with Crippen LogP contribution in [0.4, 0.5) is 28.6 Å². The monoisotopic (exact) mass is 1700 g/mol. The van der Waals surface area contributed by atoms with Crippen LogP contribution < -0.4 is 49.0 Å². The number of ketones is 4. The molecule has 0 bridgehead atoms. The lowest BCUT2D eigenvalue weighted by Crippen LogP contribution is -2.24. The Bertz CT molecular complexity index is 5240. The molecule has 0 atom stereocenters. The highest BCUT2D eigenvalue weighted by molar-refractivity contribution is 6.29. The first-order valence-electron chi connectivity index (χ1n) is 41.3. The van der Waals surface area contributed by atoms with Crippen LogP contribution in [0.3, 0.4) is 0 Å². The average molecular weight is 1700 g/mol. The summed E-state index contributed by atoms with van der Waals surface area (Å²) in [4.78, 5) is 122. The Morgan fingerprint density at radius 2 is 0.560 bits per heavy atom. The van der Waals surface area contributed by atoms with Crippen LogP contribution in [0.15, 0.2) is 243 Å². The third-order valence-electron chi connectivity index (χ3n) is 21.2. The maximum atomic E-state index is 12.8. The summed E-state index contributed by atoms with van der Waals surface area (Å²) in [5, 5.41) is 0.434. The Balaban J connectivity index is 0.000000189. The van der Waals surface area contributed by atoms with Crippen molar-refractivity contribution in [3.8, 4) is 73.4 Å². The maximum Gasteiger partial charge on any atom is 0.226 e. The molecule has 0 aliphatic heterocycles. The van der Waals surface area contributed by atoms with E-state index >= 15 is 0 Å². The number of aryl methyl sites for hydroxylation is 5. The Morgan fingerprint density at radius 1 is 0.304 bits per heavy atom. The fourth-order valence-corrected chi connectivity index (χ4v) is 13.6. The fourth-order valence-electron chi connectivity index (χ4n) is 13.5. The number of hydrogen-bond donors (Lipinski definition) is 1. The number of rotatable bonds is 33. The minimum absolute atomic E-state index is 0.00778. The zero-order valence-electron chi connectivity index (χ0n) is 73.4. The van der Waals surface area contributed by atoms with E-state index in [4.69, 9.17) is 41.0 Å². The number of amides is 4. The highest BCUT2D eigenvalue weighted by Gasteiger charge is 2.22. The summed E-state index contributed by atoms with van der Waals surface area (Å²) in [7, 11) is 14.9. The van der Waals surface area contributed by atoms with Gasteiger partial charge in [-0.1, -0.05) is 136 Å². The van der Waals surface area contributed by atoms with Crippen molar-refractivity contribution in [2.45, 2.75) is 112 Å². The van der Waals surface area contributed by atoms with Crippen LogP contribution in [0.25, 0.3) is 44.5 Å². The highest BCUT2D eigenvalue weighted by Crippen LogP contribution is 2.36. The molecule has 0 aliphatic carbocycles. The SMILES string of the molecule is CCC(=O)N(C)c1ccc(-c2ccc(C(=O)CCc3ccc(C)nc3)c(OC)c2)cc1.CCC(=O)N(C)c1ccc(-c2ccc(C(=O)CCc3ccc(Cl)nc3)c(OC)c2)cc1.CCC(=O)N(C)c1ccc(-c2ccc(C(=O)CCc3ccc(N)nc3)c(OC)c2)cc1.CCC(=O)N(C)c1ccc(-c2ccc(C(=O)CCc3ccc(OC)nc3)c(OC)c2)cc1. The molecule has 0 unspecified atom stereocenters. The van der Waals surface area contributed by atoms with Crippen LogP contribution in [0.1, 0.15) is 148 Å². The van der Waals surface area contributed by atoms with Gasteiger partial charge in [0.1, 0.15) is 34.0 Å². The number of carbonyl (C=O) groups is 8. The molecule has 8 aromatic carbocycles. The number of nitrogen functional groups attached to an aromatic ring is 1. The Labute approximate surface area is 737 Å². The fraction of sp³-hybridized carbons (Fsp3) is 0.255. The number of pyridine rings is 4. The first-order valence-corrected chi connectivity index (χ1v) is 41.7. The highest BCUT2D eigenvalue weighted by atomic mass is 35.5. The molecule has 2 N–H and O–H groups in total. The van der Waals surface area contributed by atoms with E-state index in [0.29, 0.717) is 139 Å². The molecular weight excluding hydrogens is 1590 g/mol. The van der Waals surface area contributed by atoms with Crippen molar-refractivity contribution in [1.82, 2.24) is 19.9 Å². The molecule has 0 saturated carbocycles. The van der Waals surface area contributed by atoms with E-state index in [0.717, 1.165) is 95.2 Å². The zero-order valence-corrected chi connectivity index (χ0v) is 74.2. The molecule has 125 heavy (non-hydrogen) atoms. The standard InChI is InChI=1S/C26H28N2O4.C26H28N2O3.C25H25ClN2O3.C25H27N3O3/c1-5-26(30)28(2)21-11-8-19(9-12-21)20-10-13-22(24(16-20)31-3)23(29)14-6-18-7-15-25(32-4)27-17-18;1-5-26(30)28(3)22-12-9-20(10-13-22)21-11-14-23(25(16-21)31-4)24(29)15-8-19-7-6-18(2)27-17-19;2*1-4-25(30)28(2)20-10-7-18(8-11-20)19-9-12-21(23(15-19)31-3)22(29)13-5-17-6-14-24(26)27-16-17/h7-13,15-17H,5-6,14H2,1-4H3;6-7,9-14,16-17H,5,8,15H2,1-4H3;6-12,14-16H,4-5,13H2,1-3H3;6-12,14-16H,4-5,13H2,1-3H3,(H2,26,27). The largest absolute Gasteiger partial charge is 0.496 e. The number of aromatic nitrogens is 4. The molecular formula is C102H108ClN9O13. The summed E-state index contributed by atoms with van der Waals surface area (Å²) in [6.07, 6.45) is 12.6. The molecule has 12 aromatic rings. The number of nitrogens with zero attached hydrogens (tertiary/aromatic N) is 8. The van der Waals surface area contributed by atoms with Crippen LogP contribution in [0, 0.1) is 6.92 Å². The number of halogens is 1. The first kappa shape index (κ1) is 94.9. The van der Waals surface area contributed by atoms with Gasteiger partial charge in [-0.3, -0.25) is 43.3 Å².